The first kappa shape index (κ1) is 12.0. The molecule has 0 spiro atoms. The van der Waals surface area contributed by atoms with E-state index < -0.39 is 0 Å². The van der Waals surface area contributed by atoms with Crippen LogP contribution in [0.3, 0.4) is 0 Å². The fourth-order valence-electron chi connectivity index (χ4n) is 1.94. The van der Waals surface area contributed by atoms with E-state index in [1.54, 1.807) is 11.3 Å². The number of nitrogens with zero attached hydrogens (tertiary/aromatic N) is 1. The fourth-order valence-corrected chi connectivity index (χ4v) is 2.77. The van der Waals surface area contributed by atoms with Crippen molar-refractivity contribution in [1.29, 1.82) is 0 Å². The van der Waals surface area contributed by atoms with Crippen molar-refractivity contribution < 1.29 is 0 Å². The number of benzene rings is 1. The predicted molar refractivity (Wildman–Crippen MR) is 76.7 cm³/mol. The summed E-state index contributed by atoms with van der Waals surface area (Å²) < 4.78 is 0. The van der Waals surface area contributed by atoms with Crippen molar-refractivity contribution >= 4 is 22.7 Å². The Labute approximate surface area is 107 Å². The van der Waals surface area contributed by atoms with E-state index in [2.05, 4.69) is 49.4 Å². The van der Waals surface area contributed by atoms with Crippen LogP contribution in [0, 0.1) is 6.92 Å². The Kier molecular flexibility index (Phi) is 3.38. The van der Waals surface area contributed by atoms with Crippen molar-refractivity contribution in [3.63, 3.8) is 0 Å². The van der Waals surface area contributed by atoms with Crippen LogP contribution in [-0.2, 0) is 0 Å². The number of aryl methyl sites for hydroxylation is 1. The van der Waals surface area contributed by atoms with Crippen LogP contribution in [0.15, 0.2) is 35.7 Å². The third-order valence-corrected chi connectivity index (χ3v) is 4.07. The molecule has 0 amide bonds. The van der Waals surface area contributed by atoms with E-state index in [1.807, 2.05) is 12.1 Å². The van der Waals surface area contributed by atoms with Gasteiger partial charge < -0.3 is 10.6 Å². The smallest absolute Gasteiger partial charge is 0.0603 e. The molecule has 0 saturated carbocycles. The number of hydrogen-bond donors (Lipinski definition) is 1. The van der Waals surface area contributed by atoms with Crippen LogP contribution in [0.4, 0.5) is 11.4 Å². The molecular formula is C14H18N2S. The number of rotatable bonds is 3. The van der Waals surface area contributed by atoms with Crippen molar-refractivity contribution in [2.45, 2.75) is 19.9 Å². The monoisotopic (exact) mass is 246 g/mol. The van der Waals surface area contributed by atoms with E-state index >= 15 is 0 Å². The average molecular weight is 246 g/mol. The third kappa shape index (κ3) is 2.61. The van der Waals surface area contributed by atoms with Gasteiger partial charge in [-0.2, -0.15) is 0 Å². The molecule has 2 rings (SSSR count). The van der Waals surface area contributed by atoms with Crippen LogP contribution in [0.5, 0.6) is 0 Å². The molecular weight excluding hydrogens is 228 g/mol. The van der Waals surface area contributed by atoms with Gasteiger partial charge in [0, 0.05) is 23.3 Å². The maximum Gasteiger partial charge on any atom is 0.0603 e. The minimum Gasteiger partial charge on any atom is -0.399 e. The molecule has 3 heteroatoms. The summed E-state index contributed by atoms with van der Waals surface area (Å²) in [5.74, 6) is 0. The molecule has 0 radical (unpaired) electrons. The lowest BCUT2D eigenvalue weighted by Crippen LogP contribution is -2.21. The van der Waals surface area contributed by atoms with Gasteiger partial charge >= 0.3 is 0 Å². The van der Waals surface area contributed by atoms with Crippen LogP contribution < -0.4 is 10.6 Å². The number of hydrogen-bond acceptors (Lipinski definition) is 3. The predicted octanol–water partition coefficient (Wildman–Crippen LogP) is 3.84. The van der Waals surface area contributed by atoms with Crippen molar-refractivity contribution in [3.05, 3.63) is 46.2 Å². The van der Waals surface area contributed by atoms with Crippen LogP contribution in [0.2, 0.25) is 0 Å². The number of nitrogen functional groups attached to an aromatic ring is 1. The standard InChI is InChI=1S/C14H18N2S/c1-10-7-12(15)9-13(8-10)16(3)11(2)14-5-4-6-17-14/h4-9,11H,15H2,1-3H3. The number of thiophene rings is 1. The van der Waals surface area contributed by atoms with E-state index in [-0.39, 0.29) is 0 Å². The van der Waals surface area contributed by atoms with Gasteiger partial charge in [-0.1, -0.05) is 6.07 Å². The summed E-state index contributed by atoms with van der Waals surface area (Å²) in [7, 11) is 2.11. The quantitative estimate of drug-likeness (QED) is 0.834. The van der Waals surface area contributed by atoms with E-state index in [1.165, 1.54) is 16.1 Å². The Morgan fingerprint density at radius 1 is 1.29 bits per heavy atom. The highest BCUT2D eigenvalue weighted by atomic mass is 32.1. The molecule has 0 saturated heterocycles. The molecule has 0 aliphatic rings. The van der Waals surface area contributed by atoms with Crippen molar-refractivity contribution in [2.24, 2.45) is 0 Å². The largest absolute Gasteiger partial charge is 0.399 e. The van der Waals surface area contributed by atoms with Crippen molar-refractivity contribution in [3.8, 4) is 0 Å². The lowest BCUT2D eigenvalue weighted by molar-refractivity contribution is 0.754. The Balaban J connectivity index is 2.27. The summed E-state index contributed by atoms with van der Waals surface area (Å²) in [5, 5.41) is 2.12. The van der Waals surface area contributed by atoms with Crippen LogP contribution in [0.25, 0.3) is 0 Å². The fraction of sp³-hybridized carbons (Fsp3) is 0.286. The summed E-state index contributed by atoms with van der Waals surface area (Å²) >= 11 is 1.79. The first-order valence-corrected chi connectivity index (χ1v) is 6.59. The molecule has 0 bridgehead atoms. The molecule has 2 N–H and O–H groups in total. The van der Waals surface area contributed by atoms with Gasteiger partial charge in [0.05, 0.1) is 6.04 Å². The molecule has 1 heterocycles. The highest BCUT2D eigenvalue weighted by molar-refractivity contribution is 7.10. The normalized spacial score (nSPS) is 12.4. The second kappa shape index (κ2) is 4.80. The molecule has 2 aromatic rings. The second-order valence-corrected chi connectivity index (χ2v) is 5.38. The summed E-state index contributed by atoms with van der Waals surface area (Å²) in [4.78, 5) is 3.63. The average Bonchev–Trinajstić information content (AvgIpc) is 2.79. The lowest BCUT2D eigenvalue weighted by Gasteiger charge is -2.27. The zero-order chi connectivity index (χ0) is 12.4. The maximum absolute atomic E-state index is 5.89. The summed E-state index contributed by atoms with van der Waals surface area (Å²) in [6.45, 7) is 4.29. The number of nitrogens with two attached hydrogens (primary N) is 1. The highest BCUT2D eigenvalue weighted by Crippen LogP contribution is 2.29. The van der Waals surface area contributed by atoms with Gasteiger partial charge in [0.1, 0.15) is 0 Å². The lowest BCUT2D eigenvalue weighted by atomic mass is 10.1. The zero-order valence-electron chi connectivity index (χ0n) is 10.5. The molecule has 17 heavy (non-hydrogen) atoms. The van der Waals surface area contributed by atoms with E-state index in [0.29, 0.717) is 6.04 Å². The van der Waals surface area contributed by atoms with Crippen molar-refractivity contribution in [2.75, 3.05) is 17.7 Å². The van der Waals surface area contributed by atoms with Gasteiger partial charge in [0.15, 0.2) is 0 Å². The Morgan fingerprint density at radius 3 is 2.65 bits per heavy atom. The van der Waals surface area contributed by atoms with E-state index in [0.717, 1.165) is 5.69 Å². The van der Waals surface area contributed by atoms with Gasteiger partial charge in [-0.05, 0) is 49.1 Å². The molecule has 1 aromatic heterocycles. The molecule has 2 nitrogen and oxygen atoms in total. The second-order valence-electron chi connectivity index (χ2n) is 4.40. The van der Waals surface area contributed by atoms with Gasteiger partial charge in [0.25, 0.3) is 0 Å². The van der Waals surface area contributed by atoms with Gasteiger partial charge in [0.2, 0.25) is 0 Å². The summed E-state index contributed by atoms with van der Waals surface area (Å²) in [6, 6.07) is 10.8. The van der Waals surface area contributed by atoms with Gasteiger partial charge in [-0.25, -0.2) is 0 Å². The van der Waals surface area contributed by atoms with Crippen LogP contribution in [0.1, 0.15) is 23.4 Å². The first-order chi connectivity index (χ1) is 8.08. The summed E-state index contributed by atoms with van der Waals surface area (Å²) in [5.41, 5.74) is 9.09. The number of anilines is 2. The Hall–Kier alpha value is -1.48. The van der Waals surface area contributed by atoms with Crippen molar-refractivity contribution in [1.82, 2.24) is 0 Å². The van der Waals surface area contributed by atoms with Gasteiger partial charge in [-0.3, -0.25) is 0 Å². The maximum atomic E-state index is 5.89. The van der Waals surface area contributed by atoms with Crippen LogP contribution in [-0.4, -0.2) is 7.05 Å². The minimum absolute atomic E-state index is 0.371. The van der Waals surface area contributed by atoms with E-state index in [9.17, 15) is 0 Å². The van der Waals surface area contributed by atoms with E-state index in [4.69, 9.17) is 5.73 Å². The van der Waals surface area contributed by atoms with Crippen LogP contribution >= 0.6 is 11.3 Å². The Morgan fingerprint density at radius 2 is 2.06 bits per heavy atom. The molecule has 1 aromatic carbocycles. The molecule has 1 unspecified atom stereocenters. The zero-order valence-corrected chi connectivity index (χ0v) is 11.3. The SMILES string of the molecule is Cc1cc(N)cc(N(C)C(C)c2cccs2)c1. The topological polar surface area (TPSA) is 29.3 Å². The first-order valence-electron chi connectivity index (χ1n) is 5.71. The molecule has 0 aliphatic heterocycles. The highest BCUT2D eigenvalue weighted by Gasteiger charge is 2.13. The molecule has 1 atom stereocenters. The third-order valence-electron chi connectivity index (χ3n) is 3.03. The molecule has 0 fully saturated rings. The summed E-state index contributed by atoms with van der Waals surface area (Å²) in [6.07, 6.45) is 0. The Bertz CT molecular complexity index is 471. The molecule has 0 aliphatic carbocycles. The van der Waals surface area contributed by atoms with Gasteiger partial charge in [-0.15, -0.1) is 11.3 Å². The molecule has 90 valence electrons. The minimum atomic E-state index is 0.371.